The van der Waals surface area contributed by atoms with Crippen molar-refractivity contribution in [3.05, 3.63) is 41.5 Å². The first-order chi connectivity index (χ1) is 8.54. The van der Waals surface area contributed by atoms with Gasteiger partial charge in [-0.15, -0.1) is 0 Å². The lowest BCUT2D eigenvalue weighted by atomic mass is 9.87. The van der Waals surface area contributed by atoms with Gasteiger partial charge in [0.2, 0.25) is 0 Å². The molecule has 0 unspecified atom stereocenters. The van der Waals surface area contributed by atoms with Gasteiger partial charge in [-0.05, 0) is 29.4 Å². The van der Waals surface area contributed by atoms with Gasteiger partial charge < -0.3 is 0 Å². The first kappa shape index (κ1) is 15.0. The van der Waals surface area contributed by atoms with E-state index in [1.54, 1.807) is 0 Å². The number of unbranched alkanes of at least 4 members (excludes halogenated alkanes) is 4. The zero-order chi connectivity index (χ0) is 13.4. The van der Waals surface area contributed by atoms with Crippen molar-refractivity contribution < 1.29 is 0 Å². The van der Waals surface area contributed by atoms with Crippen molar-refractivity contribution in [2.45, 2.75) is 65.2 Å². The molecule has 0 aliphatic heterocycles. The monoisotopic (exact) mass is 244 g/mol. The van der Waals surface area contributed by atoms with Crippen molar-refractivity contribution in [2.24, 2.45) is 0 Å². The molecule has 0 saturated heterocycles. The van der Waals surface area contributed by atoms with E-state index in [0.29, 0.717) is 0 Å². The quantitative estimate of drug-likeness (QED) is 0.541. The van der Waals surface area contributed by atoms with Gasteiger partial charge in [0, 0.05) is 0 Å². The van der Waals surface area contributed by atoms with Crippen LogP contribution in [0.5, 0.6) is 0 Å². The van der Waals surface area contributed by atoms with Gasteiger partial charge in [0.05, 0.1) is 0 Å². The number of benzene rings is 1. The molecule has 0 nitrogen and oxygen atoms in total. The largest absolute Gasteiger partial charge is 0.0839 e. The summed E-state index contributed by atoms with van der Waals surface area (Å²) in [6.07, 6.45) is 11.1. The Morgan fingerprint density at radius 2 is 1.61 bits per heavy atom. The topological polar surface area (TPSA) is 0 Å². The normalized spacial score (nSPS) is 12.2. The summed E-state index contributed by atoms with van der Waals surface area (Å²) in [4.78, 5) is 0. The molecule has 1 aromatic rings. The van der Waals surface area contributed by atoms with Crippen molar-refractivity contribution in [1.29, 1.82) is 0 Å². The molecule has 0 amide bonds. The molecular weight excluding hydrogens is 216 g/mol. The predicted octanol–water partition coefficient (Wildman–Crippen LogP) is 5.97. The Balaban J connectivity index is 2.41. The van der Waals surface area contributed by atoms with Crippen molar-refractivity contribution in [2.75, 3.05) is 0 Å². The van der Waals surface area contributed by atoms with Gasteiger partial charge in [-0.1, -0.05) is 83.4 Å². The molecule has 0 aliphatic rings. The van der Waals surface area contributed by atoms with Crippen LogP contribution in [0.4, 0.5) is 0 Å². The number of rotatable bonds is 6. The zero-order valence-corrected chi connectivity index (χ0v) is 12.5. The van der Waals surface area contributed by atoms with Crippen LogP contribution in [0.15, 0.2) is 30.3 Å². The van der Waals surface area contributed by atoms with Crippen molar-refractivity contribution in [3.63, 3.8) is 0 Å². The average molecular weight is 244 g/mol. The van der Waals surface area contributed by atoms with E-state index in [-0.39, 0.29) is 5.41 Å². The van der Waals surface area contributed by atoms with Gasteiger partial charge in [0.1, 0.15) is 0 Å². The molecule has 0 radical (unpaired) electrons. The first-order valence-electron chi connectivity index (χ1n) is 7.31. The molecule has 100 valence electrons. The van der Waals surface area contributed by atoms with Gasteiger partial charge in [-0.25, -0.2) is 0 Å². The molecule has 0 aromatic heterocycles. The van der Waals surface area contributed by atoms with Crippen molar-refractivity contribution in [3.8, 4) is 0 Å². The summed E-state index contributed by atoms with van der Waals surface area (Å²) >= 11 is 0. The highest BCUT2D eigenvalue weighted by atomic mass is 14.2. The SMILES string of the molecule is CCCCCCC=Cc1ccc(C(C)(C)C)cc1. The maximum absolute atomic E-state index is 2.31. The van der Waals surface area contributed by atoms with Crippen molar-refractivity contribution in [1.82, 2.24) is 0 Å². The van der Waals surface area contributed by atoms with Crippen LogP contribution in [0.3, 0.4) is 0 Å². The second kappa shape index (κ2) is 7.41. The smallest absolute Gasteiger partial charge is 0.0132 e. The highest BCUT2D eigenvalue weighted by Gasteiger charge is 2.12. The highest BCUT2D eigenvalue weighted by molar-refractivity contribution is 5.50. The van der Waals surface area contributed by atoms with E-state index in [1.807, 2.05) is 0 Å². The molecule has 0 heteroatoms. The molecule has 0 aliphatic carbocycles. The van der Waals surface area contributed by atoms with E-state index in [9.17, 15) is 0 Å². The van der Waals surface area contributed by atoms with Crippen molar-refractivity contribution >= 4 is 6.08 Å². The summed E-state index contributed by atoms with van der Waals surface area (Å²) in [5, 5.41) is 0. The zero-order valence-electron chi connectivity index (χ0n) is 12.5. The number of allylic oxidation sites excluding steroid dienone is 1. The van der Waals surface area contributed by atoms with Gasteiger partial charge >= 0.3 is 0 Å². The molecule has 0 N–H and O–H groups in total. The molecule has 1 rings (SSSR count). The van der Waals surface area contributed by atoms with Gasteiger partial charge in [-0.2, -0.15) is 0 Å². The Hall–Kier alpha value is -1.04. The molecule has 1 aromatic carbocycles. The van der Waals surface area contributed by atoms with Gasteiger partial charge in [0.15, 0.2) is 0 Å². The van der Waals surface area contributed by atoms with Crippen LogP contribution in [0, 0.1) is 0 Å². The van der Waals surface area contributed by atoms with Crippen LogP contribution in [0.25, 0.3) is 6.08 Å². The van der Waals surface area contributed by atoms with Crippen LogP contribution in [0.1, 0.15) is 70.9 Å². The van der Waals surface area contributed by atoms with E-state index < -0.39 is 0 Å². The molecule has 18 heavy (non-hydrogen) atoms. The molecule has 0 saturated carbocycles. The summed E-state index contributed by atoms with van der Waals surface area (Å²) in [7, 11) is 0. The third-order valence-corrected chi connectivity index (χ3v) is 3.31. The fourth-order valence-electron chi connectivity index (χ4n) is 2.00. The van der Waals surface area contributed by atoms with Gasteiger partial charge in [-0.3, -0.25) is 0 Å². The number of hydrogen-bond donors (Lipinski definition) is 0. The van der Waals surface area contributed by atoms with Crippen LogP contribution in [-0.2, 0) is 5.41 Å². The van der Waals surface area contributed by atoms with Crippen LogP contribution in [-0.4, -0.2) is 0 Å². The van der Waals surface area contributed by atoms with E-state index in [1.165, 1.54) is 43.2 Å². The average Bonchev–Trinajstić information content (AvgIpc) is 2.33. The molecule has 0 fully saturated rings. The lowest BCUT2D eigenvalue weighted by Crippen LogP contribution is -2.10. The van der Waals surface area contributed by atoms with E-state index in [4.69, 9.17) is 0 Å². The van der Waals surface area contributed by atoms with E-state index in [0.717, 1.165) is 0 Å². The van der Waals surface area contributed by atoms with E-state index >= 15 is 0 Å². The standard InChI is InChI=1S/C18H28/c1-5-6-7-8-9-10-11-16-12-14-17(15-13-16)18(2,3)4/h10-15H,5-9H2,1-4H3. The second-order valence-electron chi connectivity index (χ2n) is 6.12. The minimum atomic E-state index is 0.252. The third-order valence-electron chi connectivity index (χ3n) is 3.31. The Morgan fingerprint density at radius 3 is 2.17 bits per heavy atom. The maximum Gasteiger partial charge on any atom is -0.0132 e. The Kier molecular flexibility index (Phi) is 6.18. The van der Waals surface area contributed by atoms with Crippen LogP contribution < -0.4 is 0 Å². The van der Waals surface area contributed by atoms with Gasteiger partial charge in [0.25, 0.3) is 0 Å². The van der Waals surface area contributed by atoms with Crippen LogP contribution >= 0.6 is 0 Å². The Labute approximate surface area is 113 Å². The summed E-state index contributed by atoms with van der Waals surface area (Å²) < 4.78 is 0. The van der Waals surface area contributed by atoms with E-state index in [2.05, 4.69) is 64.1 Å². The predicted molar refractivity (Wildman–Crippen MR) is 82.9 cm³/mol. The second-order valence-corrected chi connectivity index (χ2v) is 6.12. The van der Waals surface area contributed by atoms with Crippen LogP contribution in [0.2, 0.25) is 0 Å². The highest BCUT2D eigenvalue weighted by Crippen LogP contribution is 2.22. The summed E-state index contributed by atoms with van der Waals surface area (Å²) in [6, 6.07) is 8.94. The summed E-state index contributed by atoms with van der Waals surface area (Å²) in [6.45, 7) is 9.02. The Morgan fingerprint density at radius 1 is 0.944 bits per heavy atom. The fraction of sp³-hybridized carbons (Fsp3) is 0.556. The molecule has 0 heterocycles. The minimum absolute atomic E-state index is 0.252. The lowest BCUT2D eigenvalue weighted by molar-refractivity contribution is 0.590. The first-order valence-corrected chi connectivity index (χ1v) is 7.31. The molecule has 0 bridgehead atoms. The lowest BCUT2D eigenvalue weighted by Gasteiger charge is -2.18. The summed E-state index contributed by atoms with van der Waals surface area (Å²) in [5.41, 5.74) is 2.98. The third kappa shape index (κ3) is 5.53. The minimum Gasteiger partial charge on any atom is -0.0839 e. The molecule has 0 spiro atoms. The Bertz CT molecular complexity index is 349. The number of hydrogen-bond acceptors (Lipinski definition) is 0. The molecular formula is C18H28. The summed E-state index contributed by atoms with van der Waals surface area (Å²) in [5.74, 6) is 0. The molecule has 0 atom stereocenters. The fourth-order valence-corrected chi connectivity index (χ4v) is 2.00. The maximum atomic E-state index is 2.31.